The van der Waals surface area contributed by atoms with E-state index in [0.29, 0.717) is 0 Å². The van der Waals surface area contributed by atoms with E-state index in [9.17, 15) is 9.59 Å². The topological polar surface area (TPSA) is 59.1 Å². The third-order valence-electron chi connectivity index (χ3n) is 7.27. The minimum atomic E-state index is -2.07. The van der Waals surface area contributed by atoms with Gasteiger partial charge in [0.2, 0.25) is 5.91 Å². The second-order valence-electron chi connectivity index (χ2n) is 11.6. The van der Waals surface area contributed by atoms with Gasteiger partial charge in [0.05, 0.1) is 18.2 Å². The molecule has 6 nitrogen and oxygen atoms in total. The highest BCUT2D eigenvalue weighted by molar-refractivity contribution is 6.76. The number of rotatable bonds is 7. The fourth-order valence-corrected chi connectivity index (χ4v) is 7.96. The van der Waals surface area contributed by atoms with Crippen molar-refractivity contribution in [2.75, 3.05) is 6.61 Å². The summed E-state index contributed by atoms with van der Waals surface area (Å²) in [5.41, 5.74) is 0.995. The molecule has 1 aromatic rings. The molecule has 0 aliphatic carbocycles. The maximum absolute atomic E-state index is 13.6. The molecule has 2 amide bonds. The van der Waals surface area contributed by atoms with Crippen LogP contribution in [0.15, 0.2) is 30.3 Å². The van der Waals surface area contributed by atoms with E-state index in [1.165, 1.54) is 0 Å². The van der Waals surface area contributed by atoms with E-state index < -0.39 is 28.7 Å². The Bertz CT molecular complexity index is 848. The first kappa shape index (κ1) is 25.0. The van der Waals surface area contributed by atoms with Gasteiger partial charge in [-0.15, -0.1) is 0 Å². The molecule has 3 rings (SSSR count). The highest BCUT2D eigenvalue weighted by Gasteiger charge is 2.61. The second kappa shape index (κ2) is 8.61. The Morgan fingerprint density at radius 1 is 1.09 bits per heavy atom. The monoisotopic (exact) mass is 476 g/mol. The van der Waals surface area contributed by atoms with Crippen LogP contribution in [0.1, 0.15) is 45.7 Å². The summed E-state index contributed by atoms with van der Waals surface area (Å²) >= 11 is 0. The largest absolute Gasteiger partial charge is 0.447 e. The van der Waals surface area contributed by atoms with Crippen molar-refractivity contribution < 1.29 is 18.8 Å². The lowest BCUT2D eigenvalue weighted by molar-refractivity contribution is -0.155. The summed E-state index contributed by atoms with van der Waals surface area (Å²) < 4.78 is 14.4. The van der Waals surface area contributed by atoms with Crippen LogP contribution >= 0.6 is 0 Å². The molecule has 0 saturated carbocycles. The molecule has 0 spiro atoms. The van der Waals surface area contributed by atoms with E-state index in [4.69, 9.17) is 9.16 Å². The normalized spacial score (nSPS) is 25.6. The number of hydrogen-bond acceptors (Lipinski definition) is 4. The van der Waals surface area contributed by atoms with Crippen LogP contribution in [0, 0.1) is 0 Å². The summed E-state index contributed by atoms with van der Waals surface area (Å²) in [6.45, 7) is 20.1. The second-order valence-corrected chi connectivity index (χ2v) is 21.1. The quantitative estimate of drug-likeness (QED) is 0.391. The number of amides is 2. The van der Waals surface area contributed by atoms with Gasteiger partial charge < -0.3 is 13.7 Å². The highest BCUT2D eigenvalue weighted by Crippen LogP contribution is 2.44. The standard InChI is InChI=1S/C24H40N2O4Si2/c1-10-19(30-32(8,9)24(2,3)4)20-21(22(27)26(20)31(5,6)7)25-18(16-29-23(25)28)17-14-12-11-13-15-17/h11-15,18-21H,10,16H2,1-9H3/t18-,19+,20-,21-/m1/s1. The van der Waals surface area contributed by atoms with Gasteiger partial charge in [-0.05, 0) is 30.1 Å². The molecule has 0 unspecified atom stereocenters. The summed E-state index contributed by atoms with van der Waals surface area (Å²) in [7, 11) is -4.05. The Morgan fingerprint density at radius 3 is 2.19 bits per heavy atom. The summed E-state index contributed by atoms with van der Waals surface area (Å²) in [6.07, 6.45) is 0.274. The number of nitrogens with zero attached hydrogens (tertiary/aromatic N) is 2. The summed E-state index contributed by atoms with van der Waals surface area (Å²) in [6, 6.07) is 8.92. The summed E-state index contributed by atoms with van der Waals surface area (Å²) in [5, 5.41) is 0.0623. The van der Waals surface area contributed by atoms with Crippen molar-refractivity contribution in [3.8, 4) is 0 Å². The van der Waals surface area contributed by atoms with Gasteiger partial charge in [-0.3, -0.25) is 9.69 Å². The van der Waals surface area contributed by atoms with Crippen LogP contribution in [-0.2, 0) is 14.0 Å². The van der Waals surface area contributed by atoms with Crippen molar-refractivity contribution in [2.45, 2.75) is 96.1 Å². The molecular formula is C24H40N2O4Si2. The number of benzene rings is 1. The number of β-lactam (4-membered cyclic amide) rings is 1. The molecule has 32 heavy (non-hydrogen) atoms. The van der Waals surface area contributed by atoms with E-state index in [1.54, 1.807) is 4.90 Å². The lowest BCUT2D eigenvalue weighted by Crippen LogP contribution is -2.80. The number of hydrogen-bond donors (Lipinski definition) is 0. The van der Waals surface area contributed by atoms with E-state index in [0.717, 1.165) is 12.0 Å². The smallest absolute Gasteiger partial charge is 0.411 e. The van der Waals surface area contributed by atoms with Crippen molar-refractivity contribution >= 4 is 28.6 Å². The van der Waals surface area contributed by atoms with Gasteiger partial charge in [-0.2, -0.15) is 0 Å². The summed E-state index contributed by atoms with van der Waals surface area (Å²) in [4.78, 5) is 28.2. The fraction of sp³-hybridized carbons (Fsp3) is 0.667. The van der Waals surface area contributed by atoms with Crippen LogP contribution in [0.25, 0.3) is 0 Å². The molecule has 2 saturated heterocycles. The van der Waals surface area contributed by atoms with Gasteiger partial charge in [0.15, 0.2) is 16.6 Å². The molecule has 0 N–H and O–H groups in total. The zero-order chi connectivity index (χ0) is 24.1. The van der Waals surface area contributed by atoms with Crippen molar-refractivity contribution in [3.05, 3.63) is 35.9 Å². The van der Waals surface area contributed by atoms with Crippen LogP contribution < -0.4 is 0 Å². The van der Waals surface area contributed by atoms with E-state index in [-0.39, 0.29) is 35.7 Å². The Balaban J connectivity index is 2.00. The van der Waals surface area contributed by atoms with E-state index >= 15 is 0 Å². The van der Waals surface area contributed by atoms with Crippen molar-refractivity contribution in [1.29, 1.82) is 0 Å². The van der Waals surface area contributed by atoms with Gasteiger partial charge in [0.25, 0.3) is 0 Å². The lowest BCUT2D eigenvalue weighted by atomic mass is 9.89. The first-order chi connectivity index (χ1) is 14.7. The number of carbonyl (C=O) groups is 2. The fourth-order valence-electron chi connectivity index (χ4n) is 4.55. The molecule has 8 heteroatoms. The molecule has 1 aromatic carbocycles. The molecule has 2 heterocycles. The minimum absolute atomic E-state index is 0.0335. The van der Waals surface area contributed by atoms with Crippen LogP contribution in [0.4, 0.5) is 4.79 Å². The van der Waals surface area contributed by atoms with Gasteiger partial charge in [0.1, 0.15) is 12.6 Å². The molecule has 0 aromatic heterocycles. The van der Waals surface area contributed by atoms with Crippen molar-refractivity contribution in [3.63, 3.8) is 0 Å². The average Bonchev–Trinajstić information content (AvgIpc) is 3.04. The Labute approximate surface area is 195 Å². The predicted octanol–water partition coefficient (Wildman–Crippen LogP) is 5.39. The van der Waals surface area contributed by atoms with E-state index in [1.807, 2.05) is 30.3 Å². The van der Waals surface area contributed by atoms with Crippen LogP contribution in [-0.4, -0.2) is 62.8 Å². The minimum Gasteiger partial charge on any atom is -0.447 e. The third kappa shape index (κ3) is 4.41. The molecule has 2 aliphatic rings. The third-order valence-corrected chi connectivity index (χ3v) is 13.7. The molecule has 2 aliphatic heterocycles. The van der Waals surface area contributed by atoms with Crippen LogP contribution in [0.3, 0.4) is 0 Å². The van der Waals surface area contributed by atoms with Gasteiger partial charge >= 0.3 is 6.09 Å². The lowest BCUT2D eigenvalue weighted by Gasteiger charge is -2.59. The van der Waals surface area contributed by atoms with E-state index in [2.05, 4.69) is 65.0 Å². The molecule has 2 fully saturated rings. The Hall–Kier alpha value is -1.65. The van der Waals surface area contributed by atoms with Gasteiger partial charge in [-0.1, -0.05) is 77.7 Å². The maximum Gasteiger partial charge on any atom is 0.411 e. The molecular weight excluding hydrogens is 436 g/mol. The SMILES string of the molecule is CC[C@H](O[Si](C)(C)C(C)(C)C)[C@@H]1[C@@H](N2C(=O)OC[C@@H]2c2ccccc2)C(=O)N1[Si](C)(C)C. The number of ether oxygens (including phenoxy) is 1. The first-order valence-electron chi connectivity index (χ1n) is 11.7. The maximum atomic E-state index is 13.6. The van der Waals surface area contributed by atoms with Crippen molar-refractivity contribution in [1.82, 2.24) is 9.47 Å². The zero-order valence-electron chi connectivity index (χ0n) is 21.1. The summed E-state index contributed by atoms with van der Waals surface area (Å²) in [5.74, 6) is 0.0335. The number of carbonyl (C=O) groups excluding carboxylic acids is 2. The van der Waals surface area contributed by atoms with Gasteiger partial charge in [0, 0.05) is 0 Å². The molecule has 4 atom stereocenters. The zero-order valence-corrected chi connectivity index (χ0v) is 23.1. The first-order valence-corrected chi connectivity index (χ1v) is 18.1. The highest BCUT2D eigenvalue weighted by atomic mass is 28.4. The average molecular weight is 477 g/mol. The Kier molecular flexibility index (Phi) is 6.72. The Morgan fingerprint density at radius 2 is 1.69 bits per heavy atom. The van der Waals surface area contributed by atoms with Crippen molar-refractivity contribution in [2.24, 2.45) is 0 Å². The van der Waals surface area contributed by atoms with Crippen LogP contribution in [0.2, 0.25) is 37.8 Å². The molecule has 0 bridgehead atoms. The predicted molar refractivity (Wildman–Crippen MR) is 132 cm³/mol. The molecule has 178 valence electrons. The number of cyclic esters (lactones) is 1. The van der Waals surface area contributed by atoms with Crippen LogP contribution in [0.5, 0.6) is 0 Å². The molecule has 0 radical (unpaired) electrons. The van der Waals surface area contributed by atoms with Gasteiger partial charge in [-0.25, -0.2) is 4.79 Å².